The molecule has 0 saturated carbocycles. The summed E-state index contributed by atoms with van der Waals surface area (Å²) < 4.78 is 1.74. The molecule has 0 spiro atoms. The molecule has 0 unspecified atom stereocenters. The van der Waals surface area contributed by atoms with Gasteiger partial charge in [-0.2, -0.15) is 5.10 Å². The average Bonchev–Trinajstić information content (AvgIpc) is 2.70. The second-order valence-corrected chi connectivity index (χ2v) is 4.38. The third-order valence-electron chi connectivity index (χ3n) is 2.92. The van der Waals surface area contributed by atoms with Gasteiger partial charge in [-0.05, 0) is 26.0 Å². The molecular formula is C13H16N4O2. The van der Waals surface area contributed by atoms with Crippen molar-refractivity contribution in [1.82, 2.24) is 14.8 Å². The Morgan fingerprint density at radius 2 is 2.21 bits per heavy atom. The van der Waals surface area contributed by atoms with Crippen molar-refractivity contribution >= 4 is 11.7 Å². The number of pyridine rings is 1. The lowest BCUT2D eigenvalue weighted by atomic mass is 10.1. The standard InChI is InChI=1S/C13H16N4O2/c1-8-6-11(12(13(18)19)9(2)16-8)14-7-10-4-5-15-17(10)3/h4-6H,7H2,1-3H3,(H,14,16)(H,18,19). The summed E-state index contributed by atoms with van der Waals surface area (Å²) in [6.45, 7) is 4.05. The molecule has 0 radical (unpaired) electrons. The topological polar surface area (TPSA) is 80.0 Å². The number of aromatic carboxylic acids is 1. The van der Waals surface area contributed by atoms with Gasteiger partial charge in [-0.1, -0.05) is 0 Å². The quantitative estimate of drug-likeness (QED) is 0.875. The number of carboxylic acids is 1. The largest absolute Gasteiger partial charge is 0.478 e. The van der Waals surface area contributed by atoms with E-state index in [4.69, 9.17) is 0 Å². The molecule has 0 amide bonds. The monoisotopic (exact) mass is 260 g/mol. The first-order valence-electron chi connectivity index (χ1n) is 5.91. The number of carbonyl (C=O) groups is 1. The molecule has 2 N–H and O–H groups in total. The fourth-order valence-electron chi connectivity index (χ4n) is 2.00. The van der Waals surface area contributed by atoms with Gasteiger partial charge in [0.2, 0.25) is 0 Å². The predicted octanol–water partition coefficient (Wildman–Crippen LogP) is 1.74. The normalized spacial score (nSPS) is 10.5. The summed E-state index contributed by atoms with van der Waals surface area (Å²) in [5.74, 6) is -0.975. The van der Waals surface area contributed by atoms with E-state index in [-0.39, 0.29) is 5.56 Å². The number of aryl methyl sites for hydroxylation is 3. The number of carboxylic acid groups (broad SMARTS) is 1. The van der Waals surface area contributed by atoms with Crippen molar-refractivity contribution in [1.29, 1.82) is 0 Å². The van der Waals surface area contributed by atoms with Gasteiger partial charge in [-0.3, -0.25) is 9.67 Å². The zero-order valence-electron chi connectivity index (χ0n) is 11.1. The molecule has 100 valence electrons. The SMILES string of the molecule is Cc1cc(NCc2ccnn2C)c(C(=O)O)c(C)n1. The molecule has 0 aliphatic heterocycles. The molecule has 0 atom stereocenters. The molecule has 6 heteroatoms. The molecule has 0 aliphatic carbocycles. The Morgan fingerprint density at radius 3 is 2.79 bits per heavy atom. The van der Waals surface area contributed by atoms with E-state index in [1.165, 1.54) is 0 Å². The van der Waals surface area contributed by atoms with Crippen LogP contribution >= 0.6 is 0 Å². The van der Waals surface area contributed by atoms with Crippen molar-refractivity contribution in [2.75, 3.05) is 5.32 Å². The first kappa shape index (κ1) is 13.1. The summed E-state index contributed by atoms with van der Waals surface area (Å²) in [6, 6.07) is 3.63. The van der Waals surface area contributed by atoms with Gasteiger partial charge in [0.15, 0.2) is 0 Å². The lowest BCUT2D eigenvalue weighted by Gasteiger charge is -2.12. The highest BCUT2D eigenvalue weighted by molar-refractivity contribution is 5.95. The molecule has 6 nitrogen and oxygen atoms in total. The molecule has 19 heavy (non-hydrogen) atoms. The molecule has 0 aliphatic rings. The Balaban J connectivity index is 2.29. The van der Waals surface area contributed by atoms with E-state index < -0.39 is 5.97 Å². The molecule has 0 saturated heterocycles. The minimum absolute atomic E-state index is 0.216. The van der Waals surface area contributed by atoms with Crippen LogP contribution in [0, 0.1) is 13.8 Å². The van der Waals surface area contributed by atoms with Gasteiger partial charge in [-0.25, -0.2) is 4.79 Å². The molecule has 2 aromatic heterocycles. The van der Waals surface area contributed by atoms with Crippen molar-refractivity contribution in [3.63, 3.8) is 0 Å². The number of hydrogen-bond acceptors (Lipinski definition) is 4. The third-order valence-corrected chi connectivity index (χ3v) is 2.92. The zero-order chi connectivity index (χ0) is 14.0. The van der Waals surface area contributed by atoms with Gasteiger partial charge >= 0.3 is 5.97 Å². The Kier molecular flexibility index (Phi) is 3.50. The van der Waals surface area contributed by atoms with Crippen LogP contribution in [0.25, 0.3) is 0 Å². The summed E-state index contributed by atoms with van der Waals surface area (Å²) in [5, 5.41) is 16.5. The minimum atomic E-state index is -0.975. The van der Waals surface area contributed by atoms with Gasteiger partial charge in [-0.15, -0.1) is 0 Å². The molecule has 0 fully saturated rings. The number of nitrogens with zero attached hydrogens (tertiary/aromatic N) is 3. The van der Waals surface area contributed by atoms with Crippen LogP contribution in [-0.2, 0) is 13.6 Å². The number of nitrogens with one attached hydrogen (secondary N) is 1. The van der Waals surface area contributed by atoms with Crippen LogP contribution in [-0.4, -0.2) is 25.8 Å². The van der Waals surface area contributed by atoms with E-state index in [2.05, 4.69) is 15.4 Å². The summed E-state index contributed by atoms with van der Waals surface area (Å²) in [5.41, 5.74) is 3.07. The molecule has 2 heterocycles. The van der Waals surface area contributed by atoms with Gasteiger partial charge in [0, 0.05) is 18.9 Å². The Labute approximate surface area is 111 Å². The fourth-order valence-corrected chi connectivity index (χ4v) is 2.00. The highest BCUT2D eigenvalue weighted by Gasteiger charge is 2.15. The Morgan fingerprint density at radius 1 is 1.47 bits per heavy atom. The summed E-state index contributed by atoms with van der Waals surface area (Å²) >= 11 is 0. The lowest BCUT2D eigenvalue weighted by Crippen LogP contribution is -2.12. The number of anilines is 1. The minimum Gasteiger partial charge on any atom is -0.478 e. The van der Waals surface area contributed by atoms with E-state index in [1.54, 1.807) is 23.9 Å². The van der Waals surface area contributed by atoms with Crippen molar-refractivity contribution in [3.05, 3.63) is 41.0 Å². The van der Waals surface area contributed by atoms with Crippen LogP contribution < -0.4 is 5.32 Å². The van der Waals surface area contributed by atoms with Crippen LogP contribution in [0.4, 0.5) is 5.69 Å². The first-order valence-corrected chi connectivity index (χ1v) is 5.91. The number of hydrogen-bond donors (Lipinski definition) is 2. The highest BCUT2D eigenvalue weighted by atomic mass is 16.4. The van der Waals surface area contributed by atoms with E-state index in [1.807, 2.05) is 20.0 Å². The lowest BCUT2D eigenvalue weighted by molar-refractivity contribution is 0.0696. The van der Waals surface area contributed by atoms with Crippen molar-refractivity contribution in [2.45, 2.75) is 20.4 Å². The van der Waals surface area contributed by atoms with Crippen molar-refractivity contribution < 1.29 is 9.90 Å². The average molecular weight is 260 g/mol. The van der Waals surface area contributed by atoms with E-state index >= 15 is 0 Å². The molecule has 2 rings (SSSR count). The van der Waals surface area contributed by atoms with Crippen LogP contribution in [0.2, 0.25) is 0 Å². The van der Waals surface area contributed by atoms with E-state index in [0.29, 0.717) is 17.9 Å². The van der Waals surface area contributed by atoms with Gasteiger partial charge in [0.25, 0.3) is 0 Å². The number of aromatic nitrogens is 3. The Bertz CT molecular complexity index is 619. The van der Waals surface area contributed by atoms with Crippen LogP contribution in [0.1, 0.15) is 27.4 Å². The van der Waals surface area contributed by atoms with E-state index in [9.17, 15) is 9.90 Å². The first-order chi connectivity index (χ1) is 8.99. The summed E-state index contributed by atoms with van der Waals surface area (Å²) in [6.07, 6.45) is 1.71. The second kappa shape index (κ2) is 5.09. The zero-order valence-corrected chi connectivity index (χ0v) is 11.1. The van der Waals surface area contributed by atoms with Crippen LogP contribution in [0.5, 0.6) is 0 Å². The van der Waals surface area contributed by atoms with Gasteiger partial charge < -0.3 is 10.4 Å². The predicted molar refractivity (Wildman–Crippen MR) is 71.2 cm³/mol. The van der Waals surface area contributed by atoms with E-state index in [0.717, 1.165) is 11.4 Å². The maximum Gasteiger partial charge on any atom is 0.339 e. The van der Waals surface area contributed by atoms with Crippen molar-refractivity contribution in [3.8, 4) is 0 Å². The molecular weight excluding hydrogens is 244 g/mol. The molecule has 0 aromatic carbocycles. The van der Waals surface area contributed by atoms with Crippen LogP contribution in [0.15, 0.2) is 18.3 Å². The highest BCUT2D eigenvalue weighted by Crippen LogP contribution is 2.20. The maximum atomic E-state index is 11.3. The van der Waals surface area contributed by atoms with Gasteiger partial charge in [0.05, 0.1) is 23.6 Å². The summed E-state index contributed by atoms with van der Waals surface area (Å²) in [4.78, 5) is 15.5. The maximum absolute atomic E-state index is 11.3. The molecule has 0 bridgehead atoms. The summed E-state index contributed by atoms with van der Waals surface area (Å²) in [7, 11) is 1.85. The third kappa shape index (κ3) is 2.73. The second-order valence-electron chi connectivity index (χ2n) is 4.38. The Hall–Kier alpha value is -2.37. The van der Waals surface area contributed by atoms with Gasteiger partial charge in [0.1, 0.15) is 5.56 Å². The van der Waals surface area contributed by atoms with Crippen LogP contribution in [0.3, 0.4) is 0 Å². The number of rotatable bonds is 4. The fraction of sp³-hybridized carbons (Fsp3) is 0.308. The smallest absolute Gasteiger partial charge is 0.339 e. The molecule has 2 aromatic rings. The van der Waals surface area contributed by atoms with Crippen molar-refractivity contribution in [2.24, 2.45) is 7.05 Å².